The minimum atomic E-state index is -0.145. The van der Waals surface area contributed by atoms with Gasteiger partial charge in [0.2, 0.25) is 0 Å². The molecule has 7 heteroatoms. The van der Waals surface area contributed by atoms with Gasteiger partial charge in [0.1, 0.15) is 0 Å². The number of benzene rings is 6. The molecule has 0 saturated heterocycles. The van der Waals surface area contributed by atoms with Crippen LogP contribution in [0, 0.1) is 10.7 Å². The van der Waals surface area contributed by atoms with Gasteiger partial charge in [-0.05, 0) is 189 Å². The van der Waals surface area contributed by atoms with Gasteiger partial charge >= 0.3 is 0 Å². The number of hydrogen-bond acceptors (Lipinski definition) is 3. The van der Waals surface area contributed by atoms with Crippen LogP contribution in [0.3, 0.4) is 0 Å². The Morgan fingerprint density at radius 1 is 0.349 bits per heavy atom. The molecule has 0 aliphatic rings. The first-order chi connectivity index (χ1) is 21.0. The Balaban J connectivity index is 1.30. The number of hydrogen-bond donors (Lipinski definition) is 0. The summed E-state index contributed by atoms with van der Waals surface area (Å²) in [6.07, 6.45) is 0. The Bertz CT molecular complexity index is 1940. The summed E-state index contributed by atoms with van der Waals surface area (Å²) in [6.45, 7) is 0. The van der Waals surface area contributed by atoms with Gasteiger partial charge in [0.15, 0.2) is 14.3 Å². The number of fused-ring (bicyclic) bond motifs is 3. The maximum Gasteiger partial charge on any atom is 0.187 e. The summed E-state index contributed by atoms with van der Waals surface area (Å²) in [6, 6.07) is 49.7. The molecule has 0 N–H and O–H groups in total. The van der Waals surface area contributed by atoms with Crippen molar-refractivity contribution in [2.45, 2.75) is 29.4 Å². The summed E-state index contributed by atoms with van der Waals surface area (Å²) in [5.74, 6) is 0. The zero-order valence-corrected chi connectivity index (χ0v) is 32.2. The molecule has 0 spiro atoms. The van der Waals surface area contributed by atoms with E-state index >= 15 is 0 Å². The topological polar surface area (TPSA) is 0 Å². The quantitative estimate of drug-likeness (QED) is 0.115. The van der Waals surface area contributed by atoms with Gasteiger partial charge in [-0.3, -0.25) is 0 Å². The summed E-state index contributed by atoms with van der Waals surface area (Å²) in [5.41, 5.74) is 0. The molecule has 0 fully saturated rings. The number of halogens is 3. The molecule has 1 aromatic heterocycles. The van der Waals surface area contributed by atoms with Crippen molar-refractivity contribution in [1.29, 1.82) is 0 Å². The van der Waals surface area contributed by atoms with Gasteiger partial charge in [0, 0.05) is 73.5 Å². The van der Waals surface area contributed by atoms with Crippen LogP contribution in [0.15, 0.2) is 163 Å². The highest BCUT2D eigenvalue weighted by Crippen LogP contribution is 2.51. The predicted molar refractivity (Wildman–Crippen MR) is 215 cm³/mol. The lowest BCUT2D eigenvalue weighted by Crippen LogP contribution is -1.77. The minimum absolute atomic E-state index is 0.145. The maximum absolute atomic E-state index is 2.41. The Kier molecular flexibility index (Phi) is 9.66. The third kappa shape index (κ3) is 7.12. The van der Waals surface area contributed by atoms with Gasteiger partial charge in [-0.2, -0.15) is 0 Å². The van der Waals surface area contributed by atoms with E-state index in [1.54, 1.807) is 0 Å². The number of thiophene rings is 1. The van der Waals surface area contributed by atoms with E-state index in [1.165, 1.54) is 65.2 Å². The zero-order valence-electron chi connectivity index (χ0n) is 22.5. The zero-order chi connectivity index (χ0) is 29.3. The highest BCUT2D eigenvalue weighted by Gasteiger charge is 2.25. The van der Waals surface area contributed by atoms with E-state index in [0.29, 0.717) is 0 Å². The summed E-state index contributed by atoms with van der Waals surface area (Å²) in [4.78, 5) is 8.98. The van der Waals surface area contributed by atoms with Crippen LogP contribution >= 0.6 is 114 Å². The Hall–Kier alpha value is -1.22. The summed E-state index contributed by atoms with van der Waals surface area (Å²) < 4.78 is 6.61. The van der Waals surface area contributed by atoms with Gasteiger partial charge in [0.05, 0.1) is 0 Å². The van der Waals surface area contributed by atoms with E-state index in [9.17, 15) is 0 Å². The molecule has 7 aromatic rings. The SMILES string of the molecule is Ic1ccc(Sc2ccc(-[s+]3c4ccc(Sc5ccc(I)cc5)cc4c4cc(Sc5ccc(I)cc5)ccc43)cc2)cc1. The first-order valence-electron chi connectivity index (χ1n) is 13.4. The fourth-order valence-electron chi connectivity index (χ4n) is 4.85. The van der Waals surface area contributed by atoms with Crippen molar-refractivity contribution in [2.75, 3.05) is 0 Å². The lowest BCUT2D eigenvalue weighted by Gasteiger charge is -2.03. The lowest BCUT2D eigenvalue weighted by atomic mass is 10.1. The third-order valence-electron chi connectivity index (χ3n) is 6.84. The van der Waals surface area contributed by atoms with Crippen molar-refractivity contribution in [2.24, 2.45) is 0 Å². The average molecular weight is 964 g/mol. The Morgan fingerprint density at radius 3 is 1.02 bits per heavy atom. The summed E-state index contributed by atoms with van der Waals surface area (Å²) in [7, 11) is -0.145. The fourth-order valence-corrected chi connectivity index (χ4v) is 10.8. The van der Waals surface area contributed by atoms with E-state index in [0.717, 1.165) is 0 Å². The van der Waals surface area contributed by atoms with Crippen molar-refractivity contribution >= 4 is 134 Å². The molecule has 210 valence electrons. The van der Waals surface area contributed by atoms with E-state index in [2.05, 4.69) is 201 Å². The molecular formula is C36H22I3S4+. The predicted octanol–water partition coefficient (Wildman–Crippen LogP) is 14.0. The summed E-state index contributed by atoms with van der Waals surface area (Å²) >= 11 is 12.6. The third-order valence-corrected chi connectivity index (χ3v) is 14.3. The van der Waals surface area contributed by atoms with Gasteiger partial charge in [-0.1, -0.05) is 35.3 Å². The maximum atomic E-state index is 2.41. The van der Waals surface area contributed by atoms with Gasteiger partial charge < -0.3 is 0 Å². The fraction of sp³-hybridized carbons (Fsp3) is 0. The molecule has 1 heterocycles. The van der Waals surface area contributed by atoms with Crippen LogP contribution in [0.2, 0.25) is 0 Å². The van der Waals surface area contributed by atoms with E-state index in [4.69, 9.17) is 0 Å². The lowest BCUT2D eigenvalue weighted by molar-refractivity contribution is 1.40. The molecular weight excluding hydrogens is 941 g/mol. The van der Waals surface area contributed by atoms with Crippen LogP contribution in [0.25, 0.3) is 25.1 Å². The summed E-state index contributed by atoms with van der Waals surface area (Å²) in [5, 5.41) is 2.72. The van der Waals surface area contributed by atoms with E-state index < -0.39 is 0 Å². The second-order valence-corrected chi connectivity index (χ2v) is 18.9. The van der Waals surface area contributed by atoms with Crippen molar-refractivity contribution in [1.82, 2.24) is 0 Å². The molecule has 0 radical (unpaired) electrons. The van der Waals surface area contributed by atoms with E-state index in [1.807, 2.05) is 35.3 Å². The highest BCUT2D eigenvalue weighted by molar-refractivity contribution is 14.1. The normalized spacial score (nSPS) is 11.4. The molecule has 0 atom stereocenters. The molecule has 0 nitrogen and oxygen atoms in total. The van der Waals surface area contributed by atoms with Crippen molar-refractivity contribution in [3.63, 3.8) is 0 Å². The van der Waals surface area contributed by atoms with Crippen LogP contribution in [0.1, 0.15) is 0 Å². The first-order valence-corrected chi connectivity index (χ1v) is 20.3. The smallest absolute Gasteiger partial charge is 0.0901 e. The Morgan fingerprint density at radius 2 is 0.651 bits per heavy atom. The van der Waals surface area contributed by atoms with Crippen LogP contribution in [0.4, 0.5) is 0 Å². The highest BCUT2D eigenvalue weighted by atomic mass is 127. The molecule has 6 aromatic carbocycles. The van der Waals surface area contributed by atoms with Gasteiger partial charge in [-0.15, -0.1) is 0 Å². The monoisotopic (exact) mass is 963 g/mol. The van der Waals surface area contributed by atoms with Crippen molar-refractivity contribution in [3.05, 3.63) is 144 Å². The largest absolute Gasteiger partial charge is 0.187 e. The molecule has 0 unspecified atom stereocenters. The van der Waals surface area contributed by atoms with Crippen molar-refractivity contribution in [3.8, 4) is 4.90 Å². The second kappa shape index (κ2) is 13.6. The number of rotatable bonds is 7. The second-order valence-electron chi connectivity index (χ2n) is 9.76. The molecule has 7 rings (SSSR count). The van der Waals surface area contributed by atoms with Crippen LogP contribution < -0.4 is 0 Å². The van der Waals surface area contributed by atoms with Crippen LogP contribution in [-0.2, 0) is 0 Å². The van der Waals surface area contributed by atoms with Crippen LogP contribution in [-0.4, -0.2) is 0 Å². The van der Waals surface area contributed by atoms with Crippen molar-refractivity contribution < 1.29 is 0 Å². The van der Waals surface area contributed by atoms with Crippen LogP contribution in [0.5, 0.6) is 0 Å². The molecule has 0 amide bonds. The van der Waals surface area contributed by atoms with Gasteiger partial charge in [-0.25, -0.2) is 0 Å². The average Bonchev–Trinajstić information content (AvgIpc) is 3.34. The Labute approximate surface area is 308 Å². The van der Waals surface area contributed by atoms with E-state index in [-0.39, 0.29) is 10.5 Å². The standard InChI is InChI=1S/C36H22I3S4/c37-23-1-7-26(8-2-23)40-29-13-17-32(18-14-29)43-35-19-15-30(41-27-9-3-24(38)4-10-27)21-33(35)34-22-31(16-20-36(34)43)42-28-11-5-25(39)6-12-28/h1-22H/q+1. The molecule has 0 saturated carbocycles. The van der Waals surface area contributed by atoms with Gasteiger partial charge in [0.25, 0.3) is 0 Å². The molecule has 43 heavy (non-hydrogen) atoms. The first kappa shape index (κ1) is 30.4. The minimum Gasteiger partial charge on any atom is -0.0901 e. The molecule has 0 aliphatic carbocycles. The molecule has 0 aliphatic heterocycles. The molecule has 0 bridgehead atoms.